The molecule has 0 aliphatic carbocycles. The highest BCUT2D eigenvalue weighted by atomic mass is 16.4. The van der Waals surface area contributed by atoms with Crippen LogP contribution >= 0.6 is 0 Å². The van der Waals surface area contributed by atoms with E-state index in [-0.39, 0.29) is 0 Å². The van der Waals surface area contributed by atoms with Crippen LogP contribution in [-0.4, -0.2) is 70.7 Å². The quantitative estimate of drug-likeness (QED) is 0.752. The smallest absolute Gasteiger partial charge is 0.414 e. The number of likely N-dealkylation sites (tertiary alicyclic amines) is 2. The van der Waals surface area contributed by atoms with Crippen molar-refractivity contribution in [3.8, 4) is 0 Å². The molecule has 2 aliphatic rings. The molecule has 156 valence electrons. The molecular weight excluding hydrogens is 356 g/mol. The van der Waals surface area contributed by atoms with Crippen LogP contribution in [0.3, 0.4) is 0 Å². The van der Waals surface area contributed by atoms with Gasteiger partial charge in [0.2, 0.25) is 0 Å². The Morgan fingerprint density at radius 3 is 1.96 bits per heavy atom. The second-order valence-electron chi connectivity index (χ2n) is 7.72. The van der Waals surface area contributed by atoms with Crippen molar-refractivity contribution in [2.75, 3.05) is 32.7 Å². The number of piperidine rings is 1. The summed E-state index contributed by atoms with van der Waals surface area (Å²) in [5, 5.41) is 14.8. The highest BCUT2D eigenvalue weighted by molar-refractivity contribution is 6.27. The van der Waals surface area contributed by atoms with Gasteiger partial charge < -0.3 is 20.0 Å². The molecule has 0 bridgehead atoms. The Morgan fingerprint density at radius 1 is 0.857 bits per heavy atom. The molecular formula is C22H34N2O4. The van der Waals surface area contributed by atoms with E-state index in [2.05, 4.69) is 40.1 Å². The van der Waals surface area contributed by atoms with Crippen molar-refractivity contribution < 1.29 is 19.8 Å². The third-order valence-corrected chi connectivity index (χ3v) is 5.68. The molecule has 1 aromatic carbocycles. The van der Waals surface area contributed by atoms with Crippen molar-refractivity contribution in [1.29, 1.82) is 0 Å². The number of carboxylic acid groups (broad SMARTS) is 2. The van der Waals surface area contributed by atoms with Gasteiger partial charge in [-0.05, 0) is 76.8 Å². The topological polar surface area (TPSA) is 81.1 Å². The Labute approximate surface area is 168 Å². The van der Waals surface area contributed by atoms with Crippen LogP contribution in [0.25, 0.3) is 0 Å². The number of hydrogen-bond donors (Lipinski definition) is 2. The van der Waals surface area contributed by atoms with Crippen LogP contribution in [0.1, 0.15) is 50.5 Å². The number of carboxylic acids is 2. The third-order valence-electron chi connectivity index (χ3n) is 5.68. The zero-order valence-corrected chi connectivity index (χ0v) is 16.8. The molecule has 6 nitrogen and oxygen atoms in total. The second kappa shape index (κ2) is 12.5. The van der Waals surface area contributed by atoms with Crippen LogP contribution in [-0.2, 0) is 16.0 Å². The van der Waals surface area contributed by atoms with Gasteiger partial charge in [0.15, 0.2) is 0 Å². The maximum absolute atomic E-state index is 9.10. The van der Waals surface area contributed by atoms with Gasteiger partial charge in [0.1, 0.15) is 0 Å². The lowest BCUT2D eigenvalue weighted by molar-refractivity contribution is -0.159. The van der Waals surface area contributed by atoms with E-state index in [1.165, 1.54) is 89.7 Å². The van der Waals surface area contributed by atoms with E-state index in [1.54, 1.807) is 0 Å². The van der Waals surface area contributed by atoms with Gasteiger partial charge in [-0.15, -0.1) is 0 Å². The number of rotatable bonds is 5. The number of benzene rings is 1. The molecule has 3 rings (SSSR count). The van der Waals surface area contributed by atoms with Crippen molar-refractivity contribution in [2.24, 2.45) is 0 Å². The van der Waals surface area contributed by atoms with E-state index >= 15 is 0 Å². The number of aliphatic carboxylic acids is 2. The minimum absolute atomic E-state index is 0.878. The number of aryl methyl sites for hydroxylation is 1. The maximum atomic E-state index is 9.10. The van der Waals surface area contributed by atoms with E-state index in [0.29, 0.717) is 0 Å². The SMILES string of the molecule is O=C(O)C(=O)O.c1ccc(CCCN2CCC(N3CCCCCC3)CC2)cc1. The van der Waals surface area contributed by atoms with E-state index in [9.17, 15) is 0 Å². The molecule has 2 heterocycles. The van der Waals surface area contributed by atoms with Crippen LogP contribution in [0, 0.1) is 0 Å². The fraction of sp³-hybridized carbons (Fsp3) is 0.636. The summed E-state index contributed by atoms with van der Waals surface area (Å²) in [4.78, 5) is 23.7. The molecule has 0 atom stereocenters. The Balaban J connectivity index is 0.000000409. The Bertz CT molecular complexity index is 565. The molecule has 6 heteroatoms. The van der Waals surface area contributed by atoms with Crippen LogP contribution in [0.15, 0.2) is 30.3 Å². The molecule has 1 aromatic rings. The summed E-state index contributed by atoms with van der Waals surface area (Å²) >= 11 is 0. The number of carbonyl (C=O) groups is 2. The lowest BCUT2D eigenvalue weighted by Gasteiger charge is -2.38. The lowest BCUT2D eigenvalue weighted by atomic mass is 10.0. The first-order valence-corrected chi connectivity index (χ1v) is 10.5. The van der Waals surface area contributed by atoms with Crippen molar-refractivity contribution in [3.05, 3.63) is 35.9 Å². The molecule has 0 spiro atoms. The first kappa shape index (κ1) is 22.4. The highest BCUT2D eigenvalue weighted by Gasteiger charge is 2.24. The van der Waals surface area contributed by atoms with Crippen molar-refractivity contribution in [1.82, 2.24) is 9.80 Å². The first-order valence-electron chi connectivity index (χ1n) is 10.5. The van der Waals surface area contributed by atoms with Gasteiger partial charge in [0.05, 0.1) is 0 Å². The molecule has 2 N–H and O–H groups in total. The maximum Gasteiger partial charge on any atom is 0.414 e. The third kappa shape index (κ3) is 8.40. The Hall–Kier alpha value is -1.92. The van der Waals surface area contributed by atoms with Crippen molar-refractivity contribution >= 4 is 11.9 Å². The summed E-state index contributed by atoms with van der Waals surface area (Å²) in [6, 6.07) is 11.8. The fourth-order valence-electron chi connectivity index (χ4n) is 4.12. The van der Waals surface area contributed by atoms with Gasteiger partial charge in [-0.1, -0.05) is 43.2 Å². The van der Waals surface area contributed by atoms with Crippen molar-refractivity contribution in [2.45, 2.75) is 57.4 Å². The second-order valence-corrected chi connectivity index (χ2v) is 7.72. The fourth-order valence-corrected chi connectivity index (χ4v) is 4.12. The highest BCUT2D eigenvalue weighted by Crippen LogP contribution is 2.20. The summed E-state index contributed by atoms with van der Waals surface area (Å²) in [5.41, 5.74) is 1.49. The molecule has 28 heavy (non-hydrogen) atoms. The normalized spacial score (nSPS) is 19.3. The molecule has 0 radical (unpaired) electrons. The van der Waals surface area contributed by atoms with Crippen molar-refractivity contribution in [3.63, 3.8) is 0 Å². The predicted octanol–water partition coefficient (Wildman–Crippen LogP) is 3.12. The number of nitrogens with zero attached hydrogens (tertiary/aromatic N) is 2. The zero-order chi connectivity index (χ0) is 20.2. The summed E-state index contributed by atoms with van der Waals surface area (Å²) < 4.78 is 0. The van der Waals surface area contributed by atoms with Crippen LogP contribution in [0.2, 0.25) is 0 Å². The molecule has 2 aliphatic heterocycles. The molecule has 0 aromatic heterocycles. The average Bonchev–Trinajstić information content (AvgIpc) is 2.99. The summed E-state index contributed by atoms with van der Waals surface area (Å²) in [6.45, 7) is 6.63. The monoisotopic (exact) mass is 390 g/mol. The zero-order valence-electron chi connectivity index (χ0n) is 16.8. The molecule has 0 unspecified atom stereocenters. The summed E-state index contributed by atoms with van der Waals surface area (Å²) in [5.74, 6) is -3.65. The van der Waals surface area contributed by atoms with Gasteiger partial charge in [-0.3, -0.25) is 0 Å². The predicted molar refractivity (Wildman–Crippen MR) is 110 cm³/mol. The standard InChI is InChI=1S/C20H32N2.C2H2O4/c1-2-7-16-22(15-6-1)20-12-17-21(18-13-20)14-8-11-19-9-4-3-5-10-19;3-1(4)2(5)6/h3-5,9-10,20H,1-2,6-8,11-18H2;(H,3,4)(H,5,6). The van der Waals surface area contributed by atoms with E-state index in [1.807, 2.05) is 0 Å². The molecule has 2 saturated heterocycles. The van der Waals surface area contributed by atoms with Gasteiger partial charge in [0.25, 0.3) is 0 Å². The minimum atomic E-state index is -1.82. The Morgan fingerprint density at radius 2 is 1.43 bits per heavy atom. The largest absolute Gasteiger partial charge is 0.473 e. The van der Waals surface area contributed by atoms with E-state index < -0.39 is 11.9 Å². The van der Waals surface area contributed by atoms with Gasteiger partial charge in [-0.25, -0.2) is 9.59 Å². The van der Waals surface area contributed by atoms with E-state index in [4.69, 9.17) is 19.8 Å². The van der Waals surface area contributed by atoms with Crippen LogP contribution in [0.5, 0.6) is 0 Å². The summed E-state index contributed by atoms with van der Waals surface area (Å²) in [7, 11) is 0. The number of hydrogen-bond acceptors (Lipinski definition) is 4. The average molecular weight is 391 g/mol. The first-order chi connectivity index (χ1) is 13.6. The summed E-state index contributed by atoms with van der Waals surface area (Å²) in [6.07, 6.45) is 11.1. The lowest BCUT2D eigenvalue weighted by Crippen LogP contribution is -2.45. The van der Waals surface area contributed by atoms with Crippen LogP contribution in [0.4, 0.5) is 0 Å². The molecule has 0 amide bonds. The molecule has 0 saturated carbocycles. The Kier molecular flexibility index (Phi) is 10.0. The van der Waals surface area contributed by atoms with E-state index in [0.717, 1.165) is 6.04 Å². The van der Waals surface area contributed by atoms with Gasteiger partial charge >= 0.3 is 11.9 Å². The minimum Gasteiger partial charge on any atom is -0.473 e. The van der Waals surface area contributed by atoms with Gasteiger partial charge in [0, 0.05) is 6.04 Å². The van der Waals surface area contributed by atoms with Gasteiger partial charge in [-0.2, -0.15) is 0 Å². The van der Waals surface area contributed by atoms with Crippen LogP contribution < -0.4 is 0 Å². The molecule has 2 fully saturated rings.